The Bertz CT molecular complexity index is 674. The molecule has 0 N–H and O–H groups in total. The SMILES string of the molecule is COCCn1ccc2c(-c3cccnc3)cccc21. The number of pyridine rings is 1. The van der Waals surface area contributed by atoms with Crippen LogP contribution in [0.15, 0.2) is 55.0 Å². The summed E-state index contributed by atoms with van der Waals surface area (Å²) in [5.41, 5.74) is 3.61. The fraction of sp³-hybridized carbons (Fsp3) is 0.188. The number of hydrogen-bond donors (Lipinski definition) is 0. The van der Waals surface area contributed by atoms with Crippen molar-refractivity contribution in [2.45, 2.75) is 6.54 Å². The Hall–Kier alpha value is -2.13. The van der Waals surface area contributed by atoms with Crippen LogP contribution >= 0.6 is 0 Å². The Balaban J connectivity index is 2.10. The molecule has 96 valence electrons. The maximum atomic E-state index is 5.15. The molecule has 3 nitrogen and oxygen atoms in total. The third-order valence-corrected chi connectivity index (χ3v) is 3.32. The summed E-state index contributed by atoms with van der Waals surface area (Å²) < 4.78 is 7.37. The summed E-state index contributed by atoms with van der Waals surface area (Å²) in [7, 11) is 1.73. The van der Waals surface area contributed by atoms with E-state index in [4.69, 9.17) is 4.74 Å². The molecule has 0 aliphatic heterocycles. The minimum atomic E-state index is 0.723. The summed E-state index contributed by atoms with van der Waals surface area (Å²) in [6.45, 7) is 1.59. The molecule has 3 rings (SSSR count). The molecule has 0 unspecified atom stereocenters. The maximum absolute atomic E-state index is 5.15. The van der Waals surface area contributed by atoms with Crippen molar-refractivity contribution >= 4 is 10.9 Å². The van der Waals surface area contributed by atoms with E-state index in [0.717, 1.165) is 18.7 Å². The van der Waals surface area contributed by atoms with Gasteiger partial charge in [0, 0.05) is 48.7 Å². The molecule has 0 radical (unpaired) electrons. The van der Waals surface area contributed by atoms with E-state index >= 15 is 0 Å². The molecule has 0 saturated heterocycles. The van der Waals surface area contributed by atoms with Gasteiger partial charge >= 0.3 is 0 Å². The normalized spacial score (nSPS) is 11.0. The molecule has 3 aromatic rings. The van der Waals surface area contributed by atoms with Crippen LogP contribution in [-0.2, 0) is 11.3 Å². The van der Waals surface area contributed by atoms with Gasteiger partial charge in [-0.1, -0.05) is 18.2 Å². The Morgan fingerprint density at radius 2 is 2.11 bits per heavy atom. The molecule has 2 heterocycles. The van der Waals surface area contributed by atoms with Crippen LogP contribution < -0.4 is 0 Å². The largest absolute Gasteiger partial charge is 0.383 e. The van der Waals surface area contributed by atoms with Gasteiger partial charge in [-0.15, -0.1) is 0 Å². The van der Waals surface area contributed by atoms with Gasteiger partial charge in [-0.2, -0.15) is 0 Å². The molecule has 0 spiro atoms. The number of hydrogen-bond acceptors (Lipinski definition) is 2. The number of methoxy groups -OCH3 is 1. The Kier molecular flexibility index (Phi) is 3.29. The molecular weight excluding hydrogens is 236 g/mol. The van der Waals surface area contributed by atoms with Gasteiger partial charge in [0.2, 0.25) is 0 Å². The first-order valence-electron chi connectivity index (χ1n) is 6.37. The van der Waals surface area contributed by atoms with E-state index in [-0.39, 0.29) is 0 Å². The van der Waals surface area contributed by atoms with Gasteiger partial charge in [-0.3, -0.25) is 4.98 Å². The van der Waals surface area contributed by atoms with Gasteiger partial charge in [0.25, 0.3) is 0 Å². The zero-order valence-corrected chi connectivity index (χ0v) is 10.9. The van der Waals surface area contributed by atoms with Crippen LogP contribution in [0, 0.1) is 0 Å². The number of ether oxygens (including phenoxy) is 1. The summed E-state index contributed by atoms with van der Waals surface area (Å²) in [5, 5.41) is 1.26. The molecule has 1 aromatic carbocycles. The summed E-state index contributed by atoms with van der Waals surface area (Å²) in [5.74, 6) is 0. The molecule has 0 fully saturated rings. The van der Waals surface area contributed by atoms with E-state index in [0.29, 0.717) is 0 Å². The number of aromatic nitrogens is 2. The number of rotatable bonds is 4. The van der Waals surface area contributed by atoms with Crippen LogP contribution in [0.4, 0.5) is 0 Å². The van der Waals surface area contributed by atoms with Gasteiger partial charge < -0.3 is 9.30 Å². The fourth-order valence-corrected chi connectivity index (χ4v) is 2.38. The zero-order chi connectivity index (χ0) is 13.1. The highest BCUT2D eigenvalue weighted by Crippen LogP contribution is 2.28. The van der Waals surface area contributed by atoms with Crippen LogP contribution in [0.1, 0.15) is 0 Å². The van der Waals surface area contributed by atoms with Crippen molar-refractivity contribution in [1.29, 1.82) is 0 Å². The van der Waals surface area contributed by atoms with E-state index in [1.54, 1.807) is 13.3 Å². The van der Waals surface area contributed by atoms with Crippen LogP contribution in [0.3, 0.4) is 0 Å². The average Bonchev–Trinajstić information content (AvgIpc) is 2.89. The lowest BCUT2D eigenvalue weighted by Crippen LogP contribution is -2.02. The van der Waals surface area contributed by atoms with Crippen molar-refractivity contribution < 1.29 is 4.74 Å². The van der Waals surface area contributed by atoms with E-state index in [1.807, 2.05) is 12.3 Å². The molecular formula is C16H16N2O. The third-order valence-electron chi connectivity index (χ3n) is 3.32. The minimum Gasteiger partial charge on any atom is -0.383 e. The van der Waals surface area contributed by atoms with Crippen molar-refractivity contribution in [1.82, 2.24) is 9.55 Å². The Morgan fingerprint density at radius 3 is 2.89 bits per heavy atom. The molecule has 2 aromatic heterocycles. The maximum Gasteiger partial charge on any atom is 0.0641 e. The first-order chi connectivity index (χ1) is 9.40. The lowest BCUT2D eigenvalue weighted by Gasteiger charge is -2.06. The van der Waals surface area contributed by atoms with Crippen LogP contribution in [0.25, 0.3) is 22.0 Å². The molecule has 3 heteroatoms. The predicted octanol–water partition coefficient (Wildman–Crippen LogP) is 3.35. The van der Waals surface area contributed by atoms with Crippen LogP contribution in [-0.4, -0.2) is 23.3 Å². The molecule has 0 atom stereocenters. The second-order valence-electron chi connectivity index (χ2n) is 4.48. The minimum absolute atomic E-state index is 0.723. The first-order valence-corrected chi connectivity index (χ1v) is 6.37. The van der Waals surface area contributed by atoms with Crippen LogP contribution in [0.2, 0.25) is 0 Å². The van der Waals surface area contributed by atoms with E-state index < -0.39 is 0 Å². The highest BCUT2D eigenvalue weighted by Gasteiger charge is 2.07. The number of nitrogens with zero attached hydrogens (tertiary/aromatic N) is 2. The Morgan fingerprint density at radius 1 is 1.16 bits per heavy atom. The lowest BCUT2D eigenvalue weighted by molar-refractivity contribution is 0.188. The van der Waals surface area contributed by atoms with E-state index in [2.05, 4.69) is 46.1 Å². The van der Waals surface area contributed by atoms with Gasteiger partial charge in [0.05, 0.1) is 6.61 Å². The number of fused-ring (bicyclic) bond motifs is 1. The summed E-state index contributed by atoms with van der Waals surface area (Å²) >= 11 is 0. The smallest absolute Gasteiger partial charge is 0.0641 e. The van der Waals surface area contributed by atoms with Crippen molar-refractivity contribution in [2.75, 3.05) is 13.7 Å². The monoisotopic (exact) mass is 252 g/mol. The Labute approximate surface area is 112 Å². The topological polar surface area (TPSA) is 27.1 Å². The molecule has 0 amide bonds. The highest BCUT2D eigenvalue weighted by molar-refractivity contribution is 5.95. The second-order valence-corrected chi connectivity index (χ2v) is 4.48. The third kappa shape index (κ3) is 2.25. The zero-order valence-electron chi connectivity index (χ0n) is 10.9. The predicted molar refractivity (Wildman–Crippen MR) is 77.0 cm³/mol. The van der Waals surface area contributed by atoms with E-state index in [9.17, 15) is 0 Å². The molecule has 0 aliphatic carbocycles. The molecule has 0 aliphatic rings. The van der Waals surface area contributed by atoms with Crippen molar-refractivity contribution in [3.8, 4) is 11.1 Å². The van der Waals surface area contributed by atoms with Crippen molar-refractivity contribution in [3.63, 3.8) is 0 Å². The number of benzene rings is 1. The summed E-state index contributed by atoms with van der Waals surface area (Å²) in [4.78, 5) is 4.20. The quantitative estimate of drug-likeness (QED) is 0.712. The average molecular weight is 252 g/mol. The summed E-state index contributed by atoms with van der Waals surface area (Å²) in [6.07, 6.45) is 5.82. The fourth-order valence-electron chi connectivity index (χ4n) is 2.38. The lowest BCUT2D eigenvalue weighted by atomic mass is 10.0. The second kappa shape index (κ2) is 5.24. The van der Waals surface area contributed by atoms with Crippen molar-refractivity contribution in [2.24, 2.45) is 0 Å². The van der Waals surface area contributed by atoms with Gasteiger partial charge in [-0.25, -0.2) is 0 Å². The van der Waals surface area contributed by atoms with Gasteiger partial charge in [0.15, 0.2) is 0 Å². The molecule has 0 bridgehead atoms. The van der Waals surface area contributed by atoms with Crippen LogP contribution in [0.5, 0.6) is 0 Å². The summed E-state index contributed by atoms with van der Waals surface area (Å²) in [6, 6.07) is 12.6. The standard InChI is InChI=1S/C16H16N2O/c1-19-11-10-18-9-7-15-14(5-2-6-16(15)18)13-4-3-8-17-12-13/h2-9,12H,10-11H2,1H3. The van der Waals surface area contributed by atoms with Crippen molar-refractivity contribution in [3.05, 3.63) is 55.0 Å². The van der Waals surface area contributed by atoms with Gasteiger partial charge in [-0.05, 0) is 23.8 Å². The highest BCUT2D eigenvalue weighted by atomic mass is 16.5. The first kappa shape index (κ1) is 11.9. The molecule has 0 saturated carbocycles. The molecule has 19 heavy (non-hydrogen) atoms. The van der Waals surface area contributed by atoms with Gasteiger partial charge in [0.1, 0.15) is 0 Å². The van der Waals surface area contributed by atoms with E-state index in [1.165, 1.54) is 16.5 Å².